The van der Waals surface area contributed by atoms with Crippen LogP contribution in [0.4, 0.5) is 5.69 Å². The van der Waals surface area contributed by atoms with Crippen molar-refractivity contribution in [2.45, 2.75) is 51.6 Å². The van der Waals surface area contributed by atoms with Gasteiger partial charge in [-0.25, -0.2) is 0 Å². The number of carbonyl (C=O) groups is 2. The van der Waals surface area contributed by atoms with Crippen LogP contribution < -0.4 is 10.6 Å². The van der Waals surface area contributed by atoms with E-state index in [9.17, 15) is 9.59 Å². The lowest BCUT2D eigenvalue weighted by atomic mass is 10.0. The molecule has 2 amide bonds. The SMILES string of the molecule is Cc1cccc(NC(=O)C(C)N2CCC(NC(=O)C3CC3)CC2)c1. The van der Waals surface area contributed by atoms with Crippen LogP contribution in [0.3, 0.4) is 0 Å². The van der Waals surface area contributed by atoms with Gasteiger partial charge >= 0.3 is 0 Å². The standard InChI is InChI=1S/C19H27N3O2/c1-13-4-3-5-17(12-13)21-18(23)14(2)22-10-8-16(9-11-22)20-19(24)15-6-7-15/h3-5,12,14-16H,6-11H2,1-2H3,(H,20,24)(H,21,23). The van der Waals surface area contributed by atoms with Crippen LogP contribution in [0.25, 0.3) is 0 Å². The van der Waals surface area contributed by atoms with Crippen molar-refractivity contribution in [2.24, 2.45) is 5.92 Å². The van der Waals surface area contributed by atoms with Crippen molar-refractivity contribution in [1.82, 2.24) is 10.2 Å². The largest absolute Gasteiger partial charge is 0.353 e. The Kier molecular flexibility index (Phi) is 5.19. The minimum absolute atomic E-state index is 0.0288. The molecule has 1 aromatic carbocycles. The van der Waals surface area contributed by atoms with Gasteiger partial charge < -0.3 is 10.6 Å². The second-order valence-electron chi connectivity index (χ2n) is 7.13. The van der Waals surface area contributed by atoms with Crippen LogP contribution in [0.5, 0.6) is 0 Å². The second kappa shape index (κ2) is 7.34. The lowest BCUT2D eigenvalue weighted by Gasteiger charge is -2.35. The molecule has 1 saturated heterocycles. The van der Waals surface area contributed by atoms with Crippen LogP contribution in [-0.4, -0.2) is 41.9 Å². The monoisotopic (exact) mass is 329 g/mol. The maximum absolute atomic E-state index is 12.5. The van der Waals surface area contributed by atoms with E-state index in [0.29, 0.717) is 0 Å². The molecule has 0 radical (unpaired) electrons. The van der Waals surface area contributed by atoms with Gasteiger partial charge in [-0.2, -0.15) is 0 Å². The Morgan fingerprint density at radius 1 is 1.17 bits per heavy atom. The van der Waals surface area contributed by atoms with E-state index in [0.717, 1.165) is 50.0 Å². The summed E-state index contributed by atoms with van der Waals surface area (Å²) in [5.41, 5.74) is 1.98. The summed E-state index contributed by atoms with van der Waals surface area (Å²) >= 11 is 0. The number of likely N-dealkylation sites (tertiary alicyclic amines) is 1. The molecule has 5 nitrogen and oxygen atoms in total. The summed E-state index contributed by atoms with van der Waals surface area (Å²) in [6.45, 7) is 5.66. The van der Waals surface area contributed by atoms with Gasteiger partial charge in [0.1, 0.15) is 0 Å². The second-order valence-corrected chi connectivity index (χ2v) is 7.13. The smallest absolute Gasteiger partial charge is 0.241 e. The number of nitrogens with one attached hydrogen (secondary N) is 2. The summed E-state index contributed by atoms with van der Waals surface area (Å²) in [6.07, 6.45) is 3.92. The maximum atomic E-state index is 12.5. The summed E-state index contributed by atoms with van der Waals surface area (Å²) < 4.78 is 0. The molecule has 2 fully saturated rings. The molecule has 0 spiro atoms. The van der Waals surface area contributed by atoms with Crippen LogP contribution in [0.15, 0.2) is 24.3 Å². The molecular weight excluding hydrogens is 302 g/mol. The van der Waals surface area contributed by atoms with Crippen molar-refractivity contribution in [3.63, 3.8) is 0 Å². The molecule has 1 aliphatic carbocycles. The van der Waals surface area contributed by atoms with Gasteiger partial charge in [-0.05, 0) is 57.2 Å². The van der Waals surface area contributed by atoms with Crippen molar-refractivity contribution in [3.05, 3.63) is 29.8 Å². The normalized spacial score (nSPS) is 20.4. The van der Waals surface area contributed by atoms with E-state index in [4.69, 9.17) is 0 Å². The van der Waals surface area contributed by atoms with Crippen LogP contribution in [0.1, 0.15) is 38.2 Å². The molecular formula is C19H27N3O2. The molecule has 0 bridgehead atoms. The third-order valence-corrected chi connectivity index (χ3v) is 5.04. The zero-order valence-electron chi connectivity index (χ0n) is 14.5. The first-order chi connectivity index (χ1) is 11.5. The third kappa shape index (κ3) is 4.35. The van der Waals surface area contributed by atoms with Crippen molar-refractivity contribution in [2.75, 3.05) is 18.4 Å². The van der Waals surface area contributed by atoms with E-state index in [1.807, 2.05) is 38.1 Å². The number of hydrogen-bond donors (Lipinski definition) is 2. The summed E-state index contributed by atoms with van der Waals surface area (Å²) in [7, 11) is 0. The number of anilines is 1. The molecule has 5 heteroatoms. The van der Waals surface area contributed by atoms with Gasteiger partial charge in [-0.15, -0.1) is 0 Å². The molecule has 3 rings (SSSR count). The highest BCUT2D eigenvalue weighted by molar-refractivity contribution is 5.94. The van der Waals surface area contributed by atoms with Gasteiger partial charge in [0, 0.05) is 30.7 Å². The first kappa shape index (κ1) is 17.0. The van der Waals surface area contributed by atoms with Crippen molar-refractivity contribution < 1.29 is 9.59 Å². The van der Waals surface area contributed by atoms with Crippen molar-refractivity contribution >= 4 is 17.5 Å². The number of benzene rings is 1. The van der Waals surface area contributed by atoms with E-state index in [-0.39, 0.29) is 29.8 Å². The molecule has 1 aromatic rings. The predicted molar refractivity (Wildman–Crippen MR) is 94.7 cm³/mol. The average Bonchev–Trinajstić information content (AvgIpc) is 3.40. The number of carbonyl (C=O) groups excluding carboxylic acids is 2. The average molecular weight is 329 g/mol. The van der Waals surface area contributed by atoms with Crippen LogP contribution >= 0.6 is 0 Å². The summed E-state index contributed by atoms with van der Waals surface area (Å²) in [5.74, 6) is 0.516. The highest BCUT2D eigenvalue weighted by Gasteiger charge is 2.32. The first-order valence-corrected chi connectivity index (χ1v) is 8.95. The Balaban J connectivity index is 1.46. The number of amides is 2. The lowest BCUT2D eigenvalue weighted by molar-refractivity contribution is -0.124. The van der Waals surface area contributed by atoms with E-state index < -0.39 is 0 Å². The third-order valence-electron chi connectivity index (χ3n) is 5.04. The topological polar surface area (TPSA) is 61.4 Å². The van der Waals surface area contributed by atoms with Crippen molar-refractivity contribution in [3.8, 4) is 0 Å². The minimum atomic E-state index is -0.161. The number of rotatable bonds is 5. The molecule has 2 aliphatic rings. The number of hydrogen-bond acceptors (Lipinski definition) is 3. The molecule has 2 N–H and O–H groups in total. The van der Waals surface area contributed by atoms with Gasteiger partial charge in [0.15, 0.2) is 0 Å². The Hall–Kier alpha value is -1.88. The van der Waals surface area contributed by atoms with Gasteiger partial charge in [0.25, 0.3) is 0 Å². The molecule has 1 saturated carbocycles. The highest BCUT2D eigenvalue weighted by Crippen LogP contribution is 2.29. The lowest BCUT2D eigenvalue weighted by Crippen LogP contribution is -2.50. The fraction of sp³-hybridized carbons (Fsp3) is 0.579. The minimum Gasteiger partial charge on any atom is -0.353 e. The molecule has 130 valence electrons. The summed E-state index contributed by atoms with van der Waals surface area (Å²) in [6, 6.07) is 7.96. The molecule has 0 aromatic heterocycles. The first-order valence-electron chi connectivity index (χ1n) is 8.95. The van der Waals surface area contributed by atoms with Crippen LogP contribution in [0.2, 0.25) is 0 Å². The predicted octanol–water partition coefficient (Wildman–Crippen LogP) is 2.31. The summed E-state index contributed by atoms with van der Waals surface area (Å²) in [5, 5.41) is 6.15. The number of piperidine rings is 1. The van der Waals surface area contributed by atoms with E-state index >= 15 is 0 Å². The number of aryl methyl sites for hydroxylation is 1. The van der Waals surface area contributed by atoms with E-state index in [2.05, 4.69) is 15.5 Å². The van der Waals surface area contributed by atoms with Gasteiger partial charge in [-0.1, -0.05) is 12.1 Å². The fourth-order valence-corrected chi connectivity index (χ4v) is 3.23. The molecule has 1 heterocycles. The number of nitrogens with zero attached hydrogens (tertiary/aromatic N) is 1. The zero-order valence-corrected chi connectivity index (χ0v) is 14.5. The zero-order chi connectivity index (χ0) is 17.1. The summed E-state index contributed by atoms with van der Waals surface area (Å²) in [4.78, 5) is 26.5. The van der Waals surface area contributed by atoms with Crippen LogP contribution in [0, 0.1) is 12.8 Å². The van der Waals surface area contributed by atoms with Crippen LogP contribution in [-0.2, 0) is 9.59 Å². The Morgan fingerprint density at radius 3 is 2.50 bits per heavy atom. The molecule has 1 atom stereocenters. The quantitative estimate of drug-likeness (QED) is 0.871. The molecule has 1 unspecified atom stereocenters. The van der Waals surface area contributed by atoms with Crippen molar-refractivity contribution in [1.29, 1.82) is 0 Å². The Labute approximate surface area is 143 Å². The van der Waals surface area contributed by atoms with Gasteiger partial charge in [0.05, 0.1) is 6.04 Å². The maximum Gasteiger partial charge on any atom is 0.241 e. The van der Waals surface area contributed by atoms with Gasteiger partial charge in [0.2, 0.25) is 11.8 Å². The molecule has 1 aliphatic heterocycles. The fourth-order valence-electron chi connectivity index (χ4n) is 3.23. The molecule has 24 heavy (non-hydrogen) atoms. The Morgan fingerprint density at radius 2 is 1.88 bits per heavy atom. The highest BCUT2D eigenvalue weighted by atomic mass is 16.2. The van der Waals surface area contributed by atoms with E-state index in [1.165, 1.54) is 0 Å². The van der Waals surface area contributed by atoms with Gasteiger partial charge in [-0.3, -0.25) is 14.5 Å². The Bertz CT molecular complexity index is 604. The van der Waals surface area contributed by atoms with E-state index in [1.54, 1.807) is 0 Å².